The molecule has 0 saturated heterocycles. The Kier molecular flexibility index (Phi) is 3.38. The molecule has 1 aromatic carbocycles. The first kappa shape index (κ1) is 12.6. The summed E-state index contributed by atoms with van der Waals surface area (Å²) >= 11 is 0. The summed E-state index contributed by atoms with van der Waals surface area (Å²) in [6, 6.07) is 5.73. The van der Waals surface area contributed by atoms with Crippen LogP contribution in [0.4, 0.5) is 8.78 Å². The van der Waals surface area contributed by atoms with E-state index in [1.807, 2.05) is 0 Å². The van der Waals surface area contributed by atoms with Gasteiger partial charge in [0.1, 0.15) is 0 Å². The summed E-state index contributed by atoms with van der Waals surface area (Å²) in [5.74, 6) is 0. The summed E-state index contributed by atoms with van der Waals surface area (Å²) in [4.78, 5) is 0. The molecular formula is C12H13F2N3O. The molecule has 0 fully saturated rings. The third kappa shape index (κ3) is 2.24. The molecule has 0 aliphatic rings. The number of rotatable bonds is 3. The second kappa shape index (κ2) is 4.81. The van der Waals surface area contributed by atoms with Gasteiger partial charge in [-0.05, 0) is 26.0 Å². The highest BCUT2D eigenvalue weighted by Gasteiger charge is 2.16. The van der Waals surface area contributed by atoms with Gasteiger partial charge in [-0.15, -0.1) is 5.10 Å². The summed E-state index contributed by atoms with van der Waals surface area (Å²) in [6.45, 7) is 3.34. The number of hydrogen-bond acceptors (Lipinski definition) is 3. The number of alkyl halides is 2. The van der Waals surface area contributed by atoms with Gasteiger partial charge in [0, 0.05) is 5.56 Å². The van der Waals surface area contributed by atoms with E-state index in [0.29, 0.717) is 17.1 Å². The van der Waals surface area contributed by atoms with Crippen LogP contribution in [0.1, 0.15) is 36.4 Å². The number of aliphatic hydroxyl groups excluding tert-OH is 1. The van der Waals surface area contributed by atoms with E-state index in [1.54, 1.807) is 13.8 Å². The highest BCUT2D eigenvalue weighted by molar-refractivity contribution is 5.36. The standard InChI is InChI=1S/C12H13F2N3O/c1-7-11(8(2)18)17(16-15-7)10-5-3-9(4-6-10)12(13)14/h3-6,8,12,18H,1-2H3. The van der Waals surface area contributed by atoms with Crippen molar-refractivity contribution in [3.8, 4) is 5.69 Å². The van der Waals surface area contributed by atoms with Crippen molar-refractivity contribution in [1.82, 2.24) is 15.0 Å². The van der Waals surface area contributed by atoms with Gasteiger partial charge < -0.3 is 5.11 Å². The molecule has 0 aliphatic heterocycles. The van der Waals surface area contributed by atoms with Crippen molar-refractivity contribution in [3.05, 3.63) is 41.2 Å². The number of benzene rings is 1. The molecule has 6 heteroatoms. The minimum absolute atomic E-state index is 0.0471. The topological polar surface area (TPSA) is 50.9 Å². The molecule has 1 atom stereocenters. The molecular weight excluding hydrogens is 240 g/mol. The van der Waals surface area contributed by atoms with E-state index in [9.17, 15) is 13.9 Å². The smallest absolute Gasteiger partial charge is 0.263 e. The van der Waals surface area contributed by atoms with Gasteiger partial charge in [-0.1, -0.05) is 17.3 Å². The third-order valence-electron chi connectivity index (χ3n) is 2.67. The van der Waals surface area contributed by atoms with Crippen LogP contribution in [0, 0.1) is 6.92 Å². The number of aryl methyl sites for hydroxylation is 1. The van der Waals surface area contributed by atoms with Crippen molar-refractivity contribution in [2.45, 2.75) is 26.4 Å². The molecule has 1 heterocycles. The Bertz CT molecular complexity index is 535. The third-order valence-corrected chi connectivity index (χ3v) is 2.67. The van der Waals surface area contributed by atoms with Crippen molar-refractivity contribution < 1.29 is 13.9 Å². The second-order valence-corrected chi connectivity index (χ2v) is 4.04. The van der Waals surface area contributed by atoms with Gasteiger partial charge in [0.05, 0.1) is 23.2 Å². The quantitative estimate of drug-likeness (QED) is 0.914. The second-order valence-electron chi connectivity index (χ2n) is 4.04. The molecule has 0 bridgehead atoms. The Morgan fingerprint density at radius 1 is 1.22 bits per heavy atom. The van der Waals surface area contributed by atoms with Gasteiger partial charge in [-0.2, -0.15) is 0 Å². The van der Waals surface area contributed by atoms with Crippen molar-refractivity contribution in [1.29, 1.82) is 0 Å². The number of aromatic nitrogens is 3. The van der Waals surface area contributed by atoms with Crippen LogP contribution < -0.4 is 0 Å². The molecule has 0 saturated carbocycles. The average molecular weight is 253 g/mol. The summed E-state index contributed by atoms with van der Waals surface area (Å²) in [6.07, 6.45) is -3.22. The Balaban J connectivity index is 2.43. The predicted octanol–water partition coefficient (Wildman–Crippen LogP) is 2.57. The van der Waals surface area contributed by atoms with Gasteiger partial charge in [0.15, 0.2) is 0 Å². The van der Waals surface area contributed by atoms with Crippen LogP contribution in [-0.4, -0.2) is 20.1 Å². The molecule has 1 aromatic heterocycles. The molecule has 0 spiro atoms. The van der Waals surface area contributed by atoms with Gasteiger partial charge >= 0.3 is 0 Å². The van der Waals surface area contributed by atoms with Crippen LogP contribution in [-0.2, 0) is 0 Å². The van der Waals surface area contributed by atoms with Crippen molar-refractivity contribution in [2.75, 3.05) is 0 Å². The highest BCUT2D eigenvalue weighted by Crippen LogP contribution is 2.22. The van der Waals surface area contributed by atoms with Gasteiger partial charge in [0.2, 0.25) is 0 Å². The number of nitrogens with zero attached hydrogens (tertiary/aromatic N) is 3. The first-order valence-electron chi connectivity index (χ1n) is 5.49. The van der Waals surface area contributed by atoms with Crippen LogP contribution in [0.25, 0.3) is 5.69 Å². The zero-order valence-corrected chi connectivity index (χ0v) is 10.0. The molecule has 1 unspecified atom stereocenters. The van der Waals surface area contributed by atoms with E-state index >= 15 is 0 Å². The SMILES string of the molecule is Cc1nnn(-c2ccc(C(F)F)cc2)c1C(C)O. The molecule has 18 heavy (non-hydrogen) atoms. The lowest BCUT2D eigenvalue weighted by atomic mass is 10.2. The Morgan fingerprint density at radius 3 is 2.33 bits per heavy atom. The van der Waals surface area contributed by atoms with Crippen molar-refractivity contribution in [3.63, 3.8) is 0 Å². The minimum atomic E-state index is -2.49. The lowest BCUT2D eigenvalue weighted by Crippen LogP contribution is -2.06. The Morgan fingerprint density at radius 2 is 1.83 bits per heavy atom. The zero-order valence-electron chi connectivity index (χ0n) is 10.0. The largest absolute Gasteiger partial charge is 0.387 e. The maximum atomic E-state index is 12.4. The van der Waals surface area contributed by atoms with Crippen LogP contribution in [0.3, 0.4) is 0 Å². The predicted molar refractivity (Wildman–Crippen MR) is 61.7 cm³/mol. The monoisotopic (exact) mass is 253 g/mol. The maximum absolute atomic E-state index is 12.4. The van der Waals surface area contributed by atoms with Crippen LogP contribution >= 0.6 is 0 Å². The molecule has 4 nitrogen and oxygen atoms in total. The molecule has 0 radical (unpaired) electrons. The molecule has 0 aliphatic carbocycles. The van der Waals surface area contributed by atoms with Crippen molar-refractivity contribution in [2.24, 2.45) is 0 Å². The fraction of sp³-hybridized carbons (Fsp3) is 0.333. The van der Waals surface area contributed by atoms with E-state index in [2.05, 4.69) is 10.3 Å². The number of hydrogen-bond donors (Lipinski definition) is 1. The average Bonchev–Trinajstić information content (AvgIpc) is 2.71. The lowest BCUT2D eigenvalue weighted by molar-refractivity contribution is 0.151. The molecule has 96 valence electrons. The summed E-state index contributed by atoms with van der Waals surface area (Å²) in [7, 11) is 0. The first-order chi connectivity index (χ1) is 8.50. The van der Waals surface area contributed by atoms with Gasteiger partial charge in [-0.25, -0.2) is 13.5 Å². The Hall–Kier alpha value is -1.82. The molecule has 2 aromatic rings. The molecule has 1 N–H and O–H groups in total. The highest BCUT2D eigenvalue weighted by atomic mass is 19.3. The molecule has 0 amide bonds. The maximum Gasteiger partial charge on any atom is 0.263 e. The first-order valence-corrected chi connectivity index (χ1v) is 5.49. The van der Waals surface area contributed by atoms with Crippen LogP contribution in [0.15, 0.2) is 24.3 Å². The van der Waals surface area contributed by atoms with E-state index in [4.69, 9.17) is 0 Å². The van der Waals surface area contributed by atoms with Crippen LogP contribution in [0.5, 0.6) is 0 Å². The summed E-state index contributed by atoms with van der Waals surface area (Å²) < 4.78 is 26.3. The van der Waals surface area contributed by atoms with E-state index in [-0.39, 0.29) is 5.56 Å². The van der Waals surface area contributed by atoms with Gasteiger partial charge in [0.25, 0.3) is 6.43 Å². The summed E-state index contributed by atoms with van der Waals surface area (Å²) in [5.41, 5.74) is 1.72. The molecule has 2 rings (SSSR count). The van der Waals surface area contributed by atoms with E-state index < -0.39 is 12.5 Å². The normalized spacial score (nSPS) is 13.0. The number of aliphatic hydroxyl groups is 1. The number of halogens is 2. The van der Waals surface area contributed by atoms with Crippen molar-refractivity contribution >= 4 is 0 Å². The van der Waals surface area contributed by atoms with Crippen LogP contribution in [0.2, 0.25) is 0 Å². The van der Waals surface area contributed by atoms with E-state index in [1.165, 1.54) is 28.9 Å². The Labute approximate surface area is 103 Å². The fourth-order valence-corrected chi connectivity index (χ4v) is 1.80. The lowest BCUT2D eigenvalue weighted by Gasteiger charge is -2.09. The van der Waals surface area contributed by atoms with Gasteiger partial charge in [-0.3, -0.25) is 0 Å². The fourth-order valence-electron chi connectivity index (χ4n) is 1.80. The zero-order chi connectivity index (χ0) is 13.3. The summed E-state index contributed by atoms with van der Waals surface area (Å²) in [5, 5.41) is 17.4. The van der Waals surface area contributed by atoms with E-state index in [0.717, 1.165) is 0 Å². The minimum Gasteiger partial charge on any atom is -0.387 e.